The molecule has 0 fully saturated rings. The highest BCUT2D eigenvalue weighted by atomic mass is 79.9. The largest absolute Gasteiger partial charge is 0.505 e. The van der Waals surface area contributed by atoms with Crippen LogP contribution in [0, 0.1) is 10.7 Å². The Morgan fingerprint density at radius 3 is 2.48 bits per heavy atom. The normalized spacial score (nSPS) is 10.2. The van der Waals surface area contributed by atoms with E-state index in [4.69, 9.17) is 5.26 Å². The molecule has 0 bridgehead atoms. The van der Waals surface area contributed by atoms with E-state index in [1.54, 1.807) is 48.5 Å². The van der Waals surface area contributed by atoms with Gasteiger partial charge in [-0.15, -0.1) is 0 Å². The number of thiocyanates is 1. The van der Waals surface area contributed by atoms with Gasteiger partial charge in [0.2, 0.25) is 0 Å². The smallest absolute Gasteiger partial charge is 0.279 e. The number of nitrogens with zero attached hydrogens (tertiary/aromatic N) is 3. The molecule has 7 nitrogen and oxygen atoms in total. The number of benzene rings is 2. The van der Waals surface area contributed by atoms with Crippen LogP contribution in [0.25, 0.3) is 5.69 Å². The zero-order valence-corrected chi connectivity index (χ0v) is 16.0. The van der Waals surface area contributed by atoms with Crippen molar-refractivity contribution < 1.29 is 9.90 Å². The first-order valence-electron chi connectivity index (χ1n) is 7.54. The molecule has 0 unspecified atom stereocenters. The Balaban J connectivity index is 1.90. The number of aromatic nitrogens is 2. The minimum atomic E-state index is -0.668. The van der Waals surface area contributed by atoms with Crippen LogP contribution in [-0.4, -0.2) is 20.8 Å². The van der Waals surface area contributed by atoms with Gasteiger partial charge in [0.1, 0.15) is 5.40 Å². The maximum Gasteiger partial charge on any atom is 0.279 e. The summed E-state index contributed by atoms with van der Waals surface area (Å²) in [4.78, 5) is 25.3. The molecule has 1 amide bonds. The topological polar surface area (TPSA) is 108 Å². The summed E-state index contributed by atoms with van der Waals surface area (Å²) in [6, 6.07) is 14.3. The number of nitrogens with one attached hydrogen (secondary N) is 1. The summed E-state index contributed by atoms with van der Waals surface area (Å²) in [5, 5.41) is 27.2. The Hall–Kier alpha value is -3.09. The van der Waals surface area contributed by atoms with Crippen LogP contribution >= 0.6 is 27.7 Å². The van der Waals surface area contributed by atoms with Crippen LogP contribution in [0.3, 0.4) is 0 Å². The van der Waals surface area contributed by atoms with E-state index >= 15 is 0 Å². The SMILES string of the molecule is N#CSc1ccc(NC(=O)c2nn(-c3ccc(Br)cc3)c(=O)cc2O)cc1. The molecule has 1 aromatic heterocycles. The summed E-state index contributed by atoms with van der Waals surface area (Å²) >= 11 is 4.31. The average molecular weight is 443 g/mol. The number of carbonyl (C=O) groups excluding carboxylic acids is 1. The fraction of sp³-hybridized carbons (Fsp3) is 0. The van der Waals surface area contributed by atoms with Crippen LogP contribution in [-0.2, 0) is 0 Å². The number of nitriles is 1. The fourth-order valence-corrected chi connectivity index (χ4v) is 2.87. The van der Waals surface area contributed by atoms with Crippen molar-refractivity contribution in [1.82, 2.24) is 9.78 Å². The number of rotatable bonds is 4. The molecule has 0 aliphatic heterocycles. The standard InChI is InChI=1S/C18H11BrN4O3S/c19-11-1-5-13(6-2-11)23-16(25)9-15(24)17(22-23)18(26)21-12-3-7-14(8-4-12)27-10-20/h1-9,24H,(H,21,26). The van der Waals surface area contributed by atoms with E-state index < -0.39 is 17.2 Å². The highest BCUT2D eigenvalue weighted by molar-refractivity contribution is 9.10. The van der Waals surface area contributed by atoms with Gasteiger partial charge in [-0.3, -0.25) is 9.59 Å². The van der Waals surface area contributed by atoms with Crippen LogP contribution < -0.4 is 10.9 Å². The fourth-order valence-electron chi connectivity index (χ4n) is 2.23. The molecular weight excluding hydrogens is 432 g/mol. The Bertz CT molecular complexity index is 1090. The number of hydrogen-bond donors (Lipinski definition) is 2. The predicted octanol–water partition coefficient (Wildman–Crippen LogP) is 3.53. The van der Waals surface area contributed by atoms with Gasteiger partial charge in [0.25, 0.3) is 11.5 Å². The Kier molecular flexibility index (Phi) is 5.59. The third kappa shape index (κ3) is 4.36. The van der Waals surface area contributed by atoms with Crippen molar-refractivity contribution in [1.29, 1.82) is 5.26 Å². The Morgan fingerprint density at radius 2 is 1.85 bits per heavy atom. The second-order valence-electron chi connectivity index (χ2n) is 5.28. The molecule has 2 aromatic carbocycles. The second-order valence-corrected chi connectivity index (χ2v) is 7.05. The van der Waals surface area contributed by atoms with Crippen molar-refractivity contribution in [2.24, 2.45) is 0 Å². The number of halogens is 1. The Morgan fingerprint density at radius 1 is 1.19 bits per heavy atom. The van der Waals surface area contributed by atoms with Crippen LogP contribution in [0.1, 0.15) is 10.5 Å². The Labute approximate surface area is 166 Å². The zero-order chi connectivity index (χ0) is 19.4. The molecule has 0 radical (unpaired) electrons. The molecule has 2 N–H and O–H groups in total. The summed E-state index contributed by atoms with van der Waals surface area (Å²) in [6.45, 7) is 0. The molecule has 0 saturated carbocycles. The average Bonchev–Trinajstić information content (AvgIpc) is 2.64. The lowest BCUT2D eigenvalue weighted by atomic mass is 10.2. The summed E-state index contributed by atoms with van der Waals surface area (Å²) < 4.78 is 1.86. The highest BCUT2D eigenvalue weighted by Gasteiger charge is 2.17. The van der Waals surface area contributed by atoms with E-state index in [0.717, 1.165) is 31.9 Å². The monoisotopic (exact) mass is 442 g/mol. The van der Waals surface area contributed by atoms with Gasteiger partial charge in [0.15, 0.2) is 11.4 Å². The quantitative estimate of drug-likeness (QED) is 0.472. The molecule has 3 aromatic rings. The lowest BCUT2D eigenvalue weighted by Gasteiger charge is -2.10. The molecule has 0 spiro atoms. The van der Waals surface area contributed by atoms with Crippen molar-refractivity contribution in [3.05, 3.63) is 75.1 Å². The van der Waals surface area contributed by atoms with Crippen molar-refractivity contribution in [2.75, 3.05) is 5.32 Å². The van der Waals surface area contributed by atoms with Crippen LogP contribution in [0.5, 0.6) is 5.75 Å². The molecule has 0 saturated heterocycles. The van der Waals surface area contributed by atoms with Gasteiger partial charge in [-0.2, -0.15) is 15.0 Å². The van der Waals surface area contributed by atoms with Crippen molar-refractivity contribution in [3.8, 4) is 16.8 Å². The third-order valence-electron chi connectivity index (χ3n) is 3.47. The molecule has 0 atom stereocenters. The first-order valence-corrected chi connectivity index (χ1v) is 9.15. The number of thioether (sulfide) groups is 1. The van der Waals surface area contributed by atoms with Gasteiger partial charge >= 0.3 is 0 Å². The lowest BCUT2D eigenvalue weighted by Crippen LogP contribution is -2.25. The molecular formula is C18H11BrN4O3S. The molecule has 3 rings (SSSR count). The van der Waals surface area contributed by atoms with Crippen molar-refractivity contribution >= 4 is 39.3 Å². The predicted molar refractivity (Wildman–Crippen MR) is 105 cm³/mol. The van der Waals surface area contributed by atoms with Crippen LogP contribution in [0.4, 0.5) is 5.69 Å². The minimum Gasteiger partial charge on any atom is -0.505 e. The van der Waals surface area contributed by atoms with Gasteiger partial charge in [-0.25, -0.2) is 0 Å². The third-order valence-corrected chi connectivity index (χ3v) is 4.60. The van der Waals surface area contributed by atoms with Gasteiger partial charge < -0.3 is 10.4 Å². The second kappa shape index (κ2) is 8.07. The number of anilines is 1. The number of amides is 1. The van der Waals surface area contributed by atoms with E-state index in [2.05, 4.69) is 26.3 Å². The summed E-state index contributed by atoms with van der Waals surface area (Å²) in [5.41, 5.74) is 0.0669. The van der Waals surface area contributed by atoms with Gasteiger partial charge in [0.05, 0.1) is 5.69 Å². The molecule has 0 aliphatic carbocycles. The highest BCUT2D eigenvalue weighted by Crippen LogP contribution is 2.20. The maximum absolute atomic E-state index is 12.5. The molecule has 134 valence electrons. The van der Waals surface area contributed by atoms with E-state index in [0.29, 0.717) is 11.4 Å². The van der Waals surface area contributed by atoms with E-state index in [1.165, 1.54) is 0 Å². The van der Waals surface area contributed by atoms with Gasteiger partial charge in [-0.1, -0.05) is 15.9 Å². The zero-order valence-electron chi connectivity index (χ0n) is 13.6. The minimum absolute atomic E-state index is 0.284. The van der Waals surface area contributed by atoms with Crippen molar-refractivity contribution in [2.45, 2.75) is 4.90 Å². The van der Waals surface area contributed by atoms with Crippen molar-refractivity contribution in [3.63, 3.8) is 0 Å². The van der Waals surface area contributed by atoms with E-state index in [-0.39, 0.29) is 5.69 Å². The van der Waals surface area contributed by atoms with Gasteiger partial charge in [-0.05, 0) is 60.3 Å². The lowest BCUT2D eigenvalue weighted by molar-refractivity contribution is 0.101. The van der Waals surface area contributed by atoms with Crippen LogP contribution in [0.15, 0.2) is 68.8 Å². The summed E-state index contributed by atoms with van der Waals surface area (Å²) in [5.74, 6) is -1.18. The number of aromatic hydroxyl groups is 1. The van der Waals surface area contributed by atoms with E-state index in [1.807, 2.05) is 5.40 Å². The molecule has 27 heavy (non-hydrogen) atoms. The molecule has 9 heteroatoms. The van der Waals surface area contributed by atoms with E-state index in [9.17, 15) is 14.7 Å². The maximum atomic E-state index is 12.5. The molecule has 0 aliphatic rings. The summed E-state index contributed by atoms with van der Waals surface area (Å²) in [7, 11) is 0. The molecule has 1 heterocycles. The first-order chi connectivity index (χ1) is 13.0. The summed E-state index contributed by atoms with van der Waals surface area (Å²) in [6.07, 6.45) is 0. The van der Waals surface area contributed by atoms with Crippen LogP contribution in [0.2, 0.25) is 0 Å². The number of hydrogen-bond acceptors (Lipinski definition) is 6. The number of carbonyl (C=O) groups is 1. The van der Waals surface area contributed by atoms with Gasteiger partial charge in [0, 0.05) is 21.1 Å². The first kappa shape index (κ1) is 18.7.